The highest BCUT2D eigenvalue weighted by molar-refractivity contribution is 5.84. The van der Waals surface area contributed by atoms with Crippen molar-refractivity contribution in [1.29, 1.82) is 0 Å². The number of nitro groups is 1. The Kier molecular flexibility index (Phi) is 5.33. The van der Waals surface area contributed by atoms with Gasteiger partial charge in [-0.25, -0.2) is 13.6 Å². The second-order valence-electron chi connectivity index (χ2n) is 7.33. The van der Waals surface area contributed by atoms with E-state index >= 15 is 0 Å². The summed E-state index contributed by atoms with van der Waals surface area (Å²) < 4.78 is 32.9. The van der Waals surface area contributed by atoms with E-state index in [-0.39, 0.29) is 29.0 Å². The Labute approximate surface area is 176 Å². The number of nitrogens with zero attached hydrogens (tertiary/aromatic N) is 1. The molecule has 0 aliphatic heterocycles. The van der Waals surface area contributed by atoms with Crippen molar-refractivity contribution in [1.82, 2.24) is 0 Å². The topological polar surface area (TPSA) is 69.4 Å². The molecule has 1 aliphatic rings. The number of hydrogen-bond acceptors (Lipinski definition) is 4. The molecule has 5 nitrogen and oxygen atoms in total. The van der Waals surface area contributed by atoms with Gasteiger partial charge in [0.2, 0.25) is 0 Å². The Morgan fingerprint density at radius 3 is 2.10 bits per heavy atom. The summed E-state index contributed by atoms with van der Waals surface area (Å²) in [7, 11) is 0. The van der Waals surface area contributed by atoms with Gasteiger partial charge in [-0.05, 0) is 59.9 Å². The van der Waals surface area contributed by atoms with Crippen LogP contribution < -0.4 is 4.74 Å². The van der Waals surface area contributed by atoms with Crippen molar-refractivity contribution in [3.63, 3.8) is 0 Å². The number of halogens is 2. The van der Waals surface area contributed by atoms with Gasteiger partial charge in [0, 0.05) is 23.6 Å². The summed E-state index contributed by atoms with van der Waals surface area (Å²) in [5.41, 5.74) is 0.671. The van der Waals surface area contributed by atoms with Gasteiger partial charge in [-0.15, -0.1) is 0 Å². The zero-order valence-electron chi connectivity index (χ0n) is 16.2. The highest BCUT2D eigenvalue weighted by Gasteiger charge is 2.55. The van der Waals surface area contributed by atoms with Crippen molar-refractivity contribution in [3.05, 3.63) is 118 Å². The van der Waals surface area contributed by atoms with Crippen LogP contribution in [0.1, 0.15) is 17.5 Å². The second-order valence-corrected chi connectivity index (χ2v) is 7.33. The van der Waals surface area contributed by atoms with Gasteiger partial charge >= 0.3 is 5.97 Å². The zero-order chi connectivity index (χ0) is 22.0. The molecule has 1 fully saturated rings. The van der Waals surface area contributed by atoms with Gasteiger partial charge in [0.25, 0.3) is 5.69 Å². The number of nitro benzene ring substituents is 1. The quantitative estimate of drug-likeness (QED) is 0.177. The van der Waals surface area contributed by atoms with Crippen LogP contribution in [-0.4, -0.2) is 10.9 Å². The lowest BCUT2D eigenvalue weighted by molar-refractivity contribution is -0.384. The summed E-state index contributed by atoms with van der Waals surface area (Å²) in [6, 6.07) is 17.5. The maximum Gasteiger partial charge on any atom is 0.335 e. The highest BCUT2D eigenvalue weighted by atomic mass is 19.1. The molecule has 0 heterocycles. The summed E-state index contributed by atoms with van der Waals surface area (Å²) in [4.78, 5) is 22.3. The number of non-ortho nitro benzene ring substituents is 1. The molecule has 1 atom stereocenters. The van der Waals surface area contributed by atoms with E-state index in [1.165, 1.54) is 54.6 Å². The molecular weight excluding hydrogens is 404 g/mol. The van der Waals surface area contributed by atoms with Crippen LogP contribution >= 0.6 is 0 Å². The molecule has 3 aromatic carbocycles. The Bertz CT molecular complexity index is 1130. The Morgan fingerprint density at radius 2 is 1.58 bits per heavy atom. The molecule has 3 aromatic rings. The van der Waals surface area contributed by atoms with E-state index in [2.05, 4.69) is 0 Å². The van der Waals surface area contributed by atoms with Gasteiger partial charge in [-0.2, -0.15) is 0 Å². The third-order valence-corrected chi connectivity index (χ3v) is 5.42. The van der Waals surface area contributed by atoms with E-state index in [0.29, 0.717) is 17.5 Å². The molecule has 1 saturated carbocycles. The first-order valence-corrected chi connectivity index (χ1v) is 9.55. The number of allylic oxidation sites excluding steroid dienone is 1. The van der Waals surface area contributed by atoms with Crippen molar-refractivity contribution in [2.75, 3.05) is 0 Å². The van der Waals surface area contributed by atoms with Gasteiger partial charge < -0.3 is 4.74 Å². The predicted octanol–water partition coefficient (Wildman–Crippen LogP) is 5.34. The van der Waals surface area contributed by atoms with Crippen LogP contribution in [0.15, 0.2) is 84.9 Å². The van der Waals surface area contributed by atoms with Crippen LogP contribution in [0.5, 0.6) is 5.75 Å². The molecule has 0 bridgehead atoms. The molecule has 0 unspecified atom stereocenters. The summed E-state index contributed by atoms with van der Waals surface area (Å²) in [6.07, 6.45) is 3.52. The van der Waals surface area contributed by atoms with Crippen molar-refractivity contribution in [2.24, 2.45) is 5.92 Å². The average molecular weight is 421 g/mol. The summed E-state index contributed by atoms with van der Waals surface area (Å²) >= 11 is 0. The van der Waals surface area contributed by atoms with Crippen LogP contribution in [-0.2, 0) is 10.2 Å². The Hall–Kier alpha value is -3.87. The summed E-state index contributed by atoms with van der Waals surface area (Å²) in [5, 5.41) is 10.7. The van der Waals surface area contributed by atoms with Gasteiger partial charge in [0.1, 0.15) is 17.4 Å². The van der Waals surface area contributed by atoms with E-state index in [4.69, 9.17) is 4.74 Å². The molecule has 4 rings (SSSR count). The van der Waals surface area contributed by atoms with Crippen LogP contribution in [0, 0.1) is 27.7 Å². The fraction of sp³-hybridized carbons (Fsp3) is 0.125. The molecule has 7 heteroatoms. The number of carbonyl (C=O) groups excluding carboxylic acids is 1. The van der Waals surface area contributed by atoms with E-state index in [1.807, 2.05) is 0 Å². The normalized spacial score (nSPS) is 16.8. The lowest BCUT2D eigenvalue weighted by Gasteiger charge is -2.18. The van der Waals surface area contributed by atoms with Crippen molar-refractivity contribution in [2.45, 2.75) is 11.8 Å². The first kappa shape index (κ1) is 20.4. The molecular formula is C24H17F2NO4. The van der Waals surface area contributed by atoms with Gasteiger partial charge in [0.15, 0.2) is 0 Å². The van der Waals surface area contributed by atoms with Crippen molar-refractivity contribution in [3.8, 4) is 5.75 Å². The minimum atomic E-state index is -0.645. The number of esters is 1. The maximum atomic E-state index is 13.9. The maximum absolute atomic E-state index is 13.9. The molecule has 0 spiro atoms. The molecule has 0 N–H and O–H groups in total. The average Bonchev–Trinajstić information content (AvgIpc) is 3.48. The van der Waals surface area contributed by atoms with Gasteiger partial charge in [-0.3, -0.25) is 10.1 Å². The molecule has 0 amide bonds. The SMILES string of the molecule is O=C(/C=C\[C@H]1CC1(c1cccc(F)c1)c1cccc(F)c1)Oc1ccc([N+](=O)[O-])cc1. The third-order valence-electron chi connectivity index (χ3n) is 5.42. The van der Waals surface area contributed by atoms with Gasteiger partial charge in [0.05, 0.1) is 4.92 Å². The number of carbonyl (C=O) groups is 1. The van der Waals surface area contributed by atoms with Crippen LogP contribution in [0.4, 0.5) is 14.5 Å². The van der Waals surface area contributed by atoms with Crippen LogP contribution in [0.25, 0.3) is 0 Å². The van der Waals surface area contributed by atoms with Crippen LogP contribution in [0.2, 0.25) is 0 Å². The van der Waals surface area contributed by atoms with Gasteiger partial charge in [-0.1, -0.05) is 30.3 Å². The zero-order valence-corrected chi connectivity index (χ0v) is 16.2. The Balaban J connectivity index is 1.54. The smallest absolute Gasteiger partial charge is 0.335 e. The van der Waals surface area contributed by atoms with Crippen molar-refractivity contribution < 1.29 is 23.2 Å². The second kappa shape index (κ2) is 8.10. The van der Waals surface area contributed by atoms with E-state index in [1.54, 1.807) is 30.3 Å². The molecule has 0 saturated heterocycles. The monoisotopic (exact) mass is 421 g/mol. The number of benzene rings is 3. The first-order valence-electron chi connectivity index (χ1n) is 9.55. The van der Waals surface area contributed by atoms with E-state index < -0.39 is 16.3 Å². The van der Waals surface area contributed by atoms with Crippen LogP contribution in [0.3, 0.4) is 0 Å². The third kappa shape index (κ3) is 4.21. The predicted molar refractivity (Wildman–Crippen MR) is 110 cm³/mol. The van der Waals surface area contributed by atoms with E-state index in [0.717, 1.165) is 0 Å². The standard InChI is InChI=1S/C24H17F2NO4/c25-19-5-1-3-16(13-19)24(17-4-2-6-20(26)14-17)15-18(24)7-12-23(28)31-22-10-8-21(9-11-22)27(29)30/h1-14,18H,15H2/b12-7-/t18-/m0/s1. The molecule has 31 heavy (non-hydrogen) atoms. The fourth-order valence-electron chi connectivity index (χ4n) is 3.86. The largest absolute Gasteiger partial charge is 0.423 e. The number of hydrogen-bond donors (Lipinski definition) is 0. The minimum Gasteiger partial charge on any atom is -0.423 e. The lowest BCUT2D eigenvalue weighted by Crippen LogP contribution is -2.13. The molecule has 0 aromatic heterocycles. The van der Waals surface area contributed by atoms with E-state index in [9.17, 15) is 23.7 Å². The number of rotatable bonds is 6. The lowest BCUT2D eigenvalue weighted by atomic mass is 9.85. The summed E-state index contributed by atoms with van der Waals surface area (Å²) in [5.74, 6) is -1.40. The molecule has 156 valence electrons. The molecule has 0 radical (unpaired) electrons. The fourth-order valence-corrected chi connectivity index (χ4v) is 3.86. The number of ether oxygens (including phenoxy) is 1. The summed E-state index contributed by atoms with van der Waals surface area (Å²) in [6.45, 7) is 0. The minimum absolute atomic E-state index is 0.108. The van der Waals surface area contributed by atoms with Crippen molar-refractivity contribution >= 4 is 11.7 Å². The highest BCUT2D eigenvalue weighted by Crippen LogP contribution is 2.59. The molecule has 1 aliphatic carbocycles. The Morgan fingerprint density at radius 1 is 1.00 bits per heavy atom. The first-order chi connectivity index (χ1) is 14.9.